The van der Waals surface area contributed by atoms with E-state index in [0.29, 0.717) is 0 Å². The van der Waals surface area contributed by atoms with Crippen LogP contribution in [0.4, 0.5) is 13.2 Å². The Bertz CT molecular complexity index is 119. The summed E-state index contributed by atoms with van der Waals surface area (Å²) in [6.45, 7) is -2.68. The Morgan fingerprint density at radius 1 is 1.50 bits per heavy atom. The van der Waals surface area contributed by atoms with Gasteiger partial charge in [0.25, 0.3) is 0 Å². The molecule has 0 spiro atoms. The van der Waals surface area contributed by atoms with Crippen molar-refractivity contribution < 1.29 is 27.8 Å². The van der Waals surface area contributed by atoms with Crippen molar-refractivity contribution in [3.05, 3.63) is 0 Å². The topological polar surface area (TPSA) is 46.5 Å². The Hall–Kier alpha value is -0.780. The van der Waals surface area contributed by atoms with Gasteiger partial charge in [0.05, 0.1) is 0 Å². The van der Waals surface area contributed by atoms with Crippen LogP contribution in [0.5, 0.6) is 0 Å². The Balaban J connectivity index is 3.46. The number of esters is 1. The number of hydrogen-bond acceptors (Lipinski definition) is 3. The highest BCUT2D eigenvalue weighted by molar-refractivity contribution is 5.70. The molecule has 0 aromatic rings. The Labute approximate surface area is 54.4 Å². The molecule has 0 amide bonds. The molecule has 0 atom stereocenters. The molecule has 60 valence electrons. The van der Waals surface area contributed by atoms with Crippen molar-refractivity contribution in [2.24, 2.45) is 0 Å². The standard InChI is InChI=1S/C4H5F3O3/c5-4(6,7)2-10-3(9)1-8/h8H,1-2H2. The van der Waals surface area contributed by atoms with Gasteiger partial charge in [0.1, 0.15) is 6.61 Å². The average Bonchev–Trinajstić information content (AvgIpc) is 1.81. The number of carbonyl (C=O) groups excluding carboxylic acids is 1. The zero-order chi connectivity index (χ0) is 8.20. The highest BCUT2D eigenvalue weighted by Crippen LogP contribution is 2.14. The minimum atomic E-state index is -4.52. The SMILES string of the molecule is O=C(CO)OCC(F)(F)F. The molecule has 0 heterocycles. The zero-order valence-electron chi connectivity index (χ0n) is 4.81. The van der Waals surface area contributed by atoms with Crippen molar-refractivity contribution in [2.75, 3.05) is 13.2 Å². The highest BCUT2D eigenvalue weighted by Gasteiger charge is 2.29. The predicted molar refractivity (Wildman–Crippen MR) is 24.1 cm³/mol. The van der Waals surface area contributed by atoms with Gasteiger partial charge in [-0.3, -0.25) is 0 Å². The van der Waals surface area contributed by atoms with Gasteiger partial charge >= 0.3 is 12.1 Å². The normalized spacial score (nSPS) is 11.2. The Morgan fingerprint density at radius 2 is 2.00 bits per heavy atom. The molecule has 3 nitrogen and oxygen atoms in total. The second kappa shape index (κ2) is 3.40. The summed E-state index contributed by atoms with van der Waals surface area (Å²) in [6.07, 6.45) is -4.52. The summed E-state index contributed by atoms with van der Waals surface area (Å²) in [5.41, 5.74) is 0. The van der Waals surface area contributed by atoms with E-state index in [-0.39, 0.29) is 0 Å². The van der Waals surface area contributed by atoms with Crippen molar-refractivity contribution in [2.45, 2.75) is 6.18 Å². The third kappa shape index (κ3) is 5.36. The van der Waals surface area contributed by atoms with Gasteiger partial charge in [0.2, 0.25) is 0 Å². The number of aliphatic hydroxyl groups excluding tert-OH is 1. The maximum atomic E-state index is 11.2. The van der Waals surface area contributed by atoms with E-state index in [2.05, 4.69) is 4.74 Å². The number of carbonyl (C=O) groups is 1. The fourth-order valence-corrected chi connectivity index (χ4v) is 0.208. The van der Waals surface area contributed by atoms with Crippen LogP contribution in [0.25, 0.3) is 0 Å². The van der Waals surface area contributed by atoms with Gasteiger partial charge in [-0.1, -0.05) is 0 Å². The number of halogens is 3. The maximum absolute atomic E-state index is 11.2. The van der Waals surface area contributed by atoms with Gasteiger partial charge in [0, 0.05) is 0 Å². The minimum absolute atomic E-state index is 1.03. The lowest BCUT2D eigenvalue weighted by Gasteiger charge is -2.05. The molecular formula is C4H5F3O3. The number of aliphatic hydroxyl groups is 1. The van der Waals surface area contributed by atoms with Gasteiger partial charge < -0.3 is 9.84 Å². The third-order valence-electron chi connectivity index (χ3n) is 0.526. The molecule has 0 saturated carbocycles. The lowest BCUT2D eigenvalue weighted by molar-refractivity contribution is -0.187. The molecule has 10 heavy (non-hydrogen) atoms. The van der Waals surface area contributed by atoms with Crippen LogP contribution in [-0.2, 0) is 9.53 Å². The molecule has 0 unspecified atom stereocenters. The molecule has 6 heteroatoms. The van der Waals surface area contributed by atoms with Gasteiger partial charge in [-0.15, -0.1) is 0 Å². The molecule has 0 aliphatic heterocycles. The van der Waals surface area contributed by atoms with Crippen molar-refractivity contribution in [3.63, 3.8) is 0 Å². The molecule has 0 aromatic carbocycles. The summed E-state index contributed by atoms with van der Waals surface area (Å²) < 4.78 is 37.1. The molecule has 0 saturated heterocycles. The number of alkyl halides is 3. The van der Waals surface area contributed by atoms with Crippen LogP contribution in [0.15, 0.2) is 0 Å². The molecule has 1 N–H and O–H groups in total. The quantitative estimate of drug-likeness (QED) is 0.579. The number of hydrogen-bond donors (Lipinski definition) is 1. The van der Waals surface area contributed by atoms with Crippen LogP contribution in [0, 0.1) is 0 Å². The fourth-order valence-electron chi connectivity index (χ4n) is 0.208. The summed E-state index contributed by atoms with van der Waals surface area (Å²) in [4.78, 5) is 9.89. The second-order valence-corrected chi connectivity index (χ2v) is 1.43. The van der Waals surface area contributed by atoms with E-state index in [1.165, 1.54) is 0 Å². The summed E-state index contributed by atoms with van der Waals surface area (Å²) in [6, 6.07) is 0. The first kappa shape index (κ1) is 9.22. The van der Waals surface area contributed by atoms with E-state index in [4.69, 9.17) is 5.11 Å². The Kier molecular flexibility index (Phi) is 3.14. The van der Waals surface area contributed by atoms with Crippen LogP contribution in [0.1, 0.15) is 0 Å². The average molecular weight is 158 g/mol. The number of ether oxygens (including phenoxy) is 1. The molecule has 0 aliphatic carbocycles. The van der Waals surface area contributed by atoms with Crippen LogP contribution in [0.2, 0.25) is 0 Å². The summed E-state index contributed by atoms with van der Waals surface area (Å²) in [7, 11) is 0. The van der Waals surface area contributed by atoms with E-state index in [9.17, 15) is 18.0 Å². The van der Waals surface area contributed by atoms with E-state index in [1.54, 1.807) is 0 Å². The highest BCUT2D eigenvalue weighted by atomic mass is 19.4. The van der Waals surface area contributed by atoms with Crippen molar-refractivity contribution in [3.8, 4) is 0 Å². The van der Waals surface area contributed by atoms with E-state index in [0.717, 1.165) is 0 Å². The molecule has 0 fully saturated rings. The van der Waals surface area contributed by atoms with E-state index in [1.807, 2.05) is 0 Å². The fraction of sp³-hybridized carbons (Fsp3) is 0.750. The predicted octanol–water partition coefficient (Wildman–Crippen LogP) is 0.0842. The molecule has 0 bridgehead atoms. The lowest BCUT2D eigenvalue weighted by atomic mass is 10.7. The van der Waals surface area contributed by atoms with Crippen LogP contribution in [0.3, 0.4) is 0 Å². The Morgan fingerprint density at radius 3 is 2.30 bits per heavy atom. The third-order valence-corrected chi connectivity index (χ3v) is 0.526. The molecule has 0 rings (SSSR count). The monoisotopic (exact) mass is 158 g/mol. The maximum Gasteiger partial charge on any atom is 0.422 e. The van der Waals surface area contributed by atoms with Gasteiger partial charge in [-0.2, -0.15) is 13.2 Å². The second-order valence-electron chi connectivity index (χ2n) is 1.43. The first-order valence-electron chi connectivity index (χ1n) is 2.29. The zero-order valence-corrected chi connectivity index (χ0v) is 4.81. The molecule has 0 radical (unpaired) electrons. The smallest absolute Gasteiger partial charge is 0.422 e. The largest absolute Gasteiger partial charge is 0.454 e. The summed E-state index contributed by atoms with van der Waals surface area (Å²) >= 11 is 0. The molecule has 0 aliphatic rings. The summed E-state index contributed by atoms with van der Waals surface area (Å²) in [5, 5.41) is 7.89. The molecular weight excluding hydrogens is 153 g/mol. The van der Waals surface area contributed by atoms with Gasteiger partial charge in [-0.05, 0) is 0 Å². The van der Waals surface area contributed by atoms with E-state index >= 15 is 0 Å². The van der Waals surface area contributed by atoms with Gasteiger partial charge in [-0.25, -0.2) is 4.79 Å². The summed E-state index contributed by atoms with van der Waals surface area (Å²) in [5.74, 6) is -1.28. The van der Waals surface area contributed by atoms with Crippen LogP contribution in [-0.4, -0.2) is 30.5 Å². The number of rotatable bonds is 2. The van der Waals surface area contributed by atoms with Crippen molar-refractivity contribution in [1.82, 2.24) is 0 Å². The first-order chi connectivity index (χ1) is 4.45. The van der Waals surface area contributed by atoms with Crippen LogP contribution >= 0.6 is 0 Å². The van der Waals surface area contributed by atoms with E-state index < -0.39 is 25.4 Å². The minimum Gasteiger partial charge on any atom is -0.454 e. The van der Waals surface area contributed by atoms with Gasteiger partial charge in [0.15, 0.2) is 6.61 Å². The van der Waals surface area contributed by atoms with Crippen molar-refractivity contribution >= 4 is 5.97 Å². The van der Waals surface area contributed by atoms with Crippen molar-refractivity contribution in [1.29, 1.82) is 0 Å². The lowest BCUT2D eigenvalue weighted by Crippen LogP contribution is -2.21. The first-order valence-corrected chi connectivity index (χ1v) is 2.29. The van der Waals surface area contributed by atoms with Crippen LogP contribution < -0.4 is 0 Å². The molecule has 0 aromatic heterocycles.